The molecule has 15 heavy (non-hydrogen) atoms. The lowest BCUT2D eigenvalue weighted by Crippen LogP contribution is -2.36. The summed E-state index contributed by atoms with van der Waals surface area (Å²) in [5, 5.41) is 7.07. The molecule has 1 rings (SSSR count). The van der Waals surface area contributed by atoms with Crippen molar-refractivity contribution < 1.29 is 0 Å². The average molecular weight is 226 g/mol. The molecule has 0 aliphatic carbocycles. The van der Waals surface area contributed by atoms with Gasteiger partial charge in [-0.1, -0.05) is 29.8 Å². The summed E-state index contributed by atoms with van der Waals surface area (Å²) < 4.78 is 0. The van der Waals surface area contributed by atoms with Crippen LogP contribution < -0.4 is 10.6 Å². The predicted molar refractivity (Wildman–Crippen MR) is 65.3 cm³/mol. The van der Waals surface area contributed by atoms with Gasteiger partial charge in [0.1, 0.15) is 0 Å². The second-order valence-electron chi connectivity index (χ2n) is 3.05. The Morgan fingerprint density at radius 2 is 2.07 bits per heavy atom. The second kappa shape index (κ2) is 6.30. The first-order valence-corrected chi connectivity index (χ1v) is 5.33. The third kappa shape index (κ3) is 3.80. The minimum atomic E-state index is 0.680. The maximum Gasteiger partial charge on any atom is 0.191 e. The highest BCUT2D eigenvalue weighted by atomic mass is 35.5. The van der Waals surface area contributed by atoms with Crippen LogP contribution in [0.5, 0.6) is 0 Å². The molecule has 2 N–H and O–H groups in total. The van der Waals surface area contributed by atoms with E-state index >= 15 is 0 Å². The highest BCUT2D eigenvalue weighted by Crippen LogP contribution is 2.13. The summed E-state index contributed by atoms with van der Waals surface area (Å²) in [5.74, 6) is 0.789. The predicted octanol–water partition coefficient (Wildman–Crippen LogP) is 2.02. The van der Waals surface area contributed by atoms with Crippen molar-refractivity contribution in [3.63, 3.8) is 0 Å². The number of halogens is 1. The molecule has 0 unspecified atom stereocenters. The van der Waals surface area contributed by atoms with Crippen LogP contribution in [0.2, 0.25) is 5.02 Å². The minimum absolute atomic E-state index is 0.680. The summed E-state index contributed by atoms with van der Waals surface area (Å²) in [7, 11) is 1.75. The molecule has 0 atom stereocenters. The van der Waals surface area contributed by atoms with Crippen LogP contribution in [0, 0.1) is 0 Å². The van der Waals surface area contributed by atoms with Crippen molar-refractivity contribution in [2.75, 3.05) is 13.6 Å². The highest BCUT2D eigenvalue weighted by molar-refractivity contribution is 6.31. The molecule has 0 aliphatic rings. The molecule has 0 aliphatic heterocycles. The van der Waals surface area contributed by atoms with Crippen molar-refractivity contribution >= 4 is 17.6 Å². The zero-order chi connectivity index (χ0) is 11.1. The topological polar surface area (TPSA) is 36.4 Å². The maximum atomic E-state index is 6.03. The van der Waals surface area contributed by atoms with E-state index in [-0.39, 0.29) is 0 Å². The first-order valence-electron chi connectivity index (χ1n) is 4.95. The van der Waals surface area contributed by atoms with Crippen LogP contribution >= 0.6 is 11.6 Å². The molecular formula is C11H16ClN3. The van der Waals surface area contributed by atoms with Gasteiger partial charge in [0.25, 0.3) is 0 Å². The second-order valence-corrected chi connectivity index (χ2v) is 3.45. The molecule has 0 saturated carbocycles. The van der Waals surface area contributed by atoms with Crippen LogP contribution in [0.15, 0.2) is 29.3 Å². The van der Waals surface area contributed by atoms with Crippen molar-refractivity contribution in [3.8, 4) is 0 Å². The Morgan fingerprint density at radius 1 is 1.33 bits per heavy atom. The van der Waals surface area contributed by atoms with Crippen LogP contribution in [-0.2, 0) is 6.54 Å². The Labute approximate surface area is 95.6 Å². The summed E-state index contributed by atoms with van der Waals surface area (Å²) in [6.07, 6.45) is 0. The summed E-state index contributed by atoms with van der Waals surface area (Å²) >= 11 is 6.03. The average Bonchev–Trinajstić information content (AvgIpc) is 2.26. The van der Waals surface area contributed by atoms with E-state index in [9.17, 15) is 0 Å². The molecule has 0 bridgehead atoms. The quantitative estimate of drug-likeness (QED) is 0.610. The van der Waals surface area contributed by atoms with Gasteiger partial charge in [0.2, 0.25) is 0 Å². The molecule has 0 fully saturated rings. The van der Waals surface area contributed by atoms with Crippen LogP contribution in [-0.4, -0.2) is 19.6 Å². The summed E-state index contributed by atoms with van der Waals surface area (Å²) in [6.45, 7) is 3.56. The lowest BCUT2D eigenvalue weighted by molar-refractivity contribution is 0.830. The van der Waals surface area contributed by atoms with Gasteiger partial charge in [0.05, 0.1) is 0 Å². The maximum absolute atomic E-state index is 6.03. The summed E-state index contributed by atoms with van der Waals surface area (Å²) in [6, 6.07) is 7.77. The fourth-order valence-corrected chi connectivity index (χ4v) is 1.41. The SMILES string of the molecule is CCNC(=NC)NCc1ccccc1Cl. The van der Waals surface area contributed by atoms with Crippen LogP contribution in [0.3, 0.4) is 0 Å². The first kappa shape index (κ1) is 11.9. The van der Waals surface area contributed by atoms with Crippen LogP contribution in [0.1, 0.15) is 12.5 Å². The van der Waals surface area contributed by atoms with Gasteiger partial charge in [0, 0.05) is 25.2 Å². The van der Waals surface area contributed by atoms with Gasteiger partial charge in [0.15, 0.2) is 5.96 Å². The standard InChI is InChI=1S/C11H16ClN3/c1-3-14-11(13-2)15-8-9-6-4-5-7-10(9)12/h4-7H,3,8H2,1-2H3,(H2,13,14,15). The number of hydrogen-bond acceptors (Lipinski definition) is 1. The van der Waals surface area contributed by atoms with Crippen molar-refractivity contribution in [1.29, 1.82) is 0 Å². The zero-order valence-electron chi connectivity index (χ0n) is 9.05. The molecule has 0 radical (unpaired) electrons. The third-order valence-corrected chi connectivity index (χ3v) is 2.34. The van der Waals surface area contributed by atoms with Gasteiger partial charge in [-0.05, 0) is 18.6 Å². The van der Waals surface area contributed by atoms with Crippen LogP contribution in [0.4, 0.5) is 0 Å². The molecule has 1 aromatic rings. The minimum Gasteiger partial charge on any atom is -0.357 e. The smallest absolute Gasteiger partial charge is 0.191 e. The van der Waals surface area contributed by atoms with E-state index in [2.05, 4.69) is 15.6 Å². The monoisotopic (exact) mass is 225 g/mol. The number of nitrogens with zero attached hydrogens (tertiary/aromatic N) is 1. The van der Waals surface area contributed by atoms with E-state index in [1.165, 1.54) is 0 Å². The van der Waals surface area contributed by atoms with E-state index in [4.69, 9.17) is 11.6 Å². The molecule has 0 amide bonds. The Morgan fingerprint density at radius 3 is 2.67 bits per heavy atom. The molecule has 82 valence electrons. The number of nitrogens with one attached hydrogen (secondary N) is 2. The van der Waals surface area contributed by atoms with Gasteiger partial charge in [-0.25, -0.2) is 0 Å². The summed E-state index contributed by atoms with van der Waals surface area (Å²) in [4.78, 5) is 4.07. The van der Waals surface area contributed by atoms with E-state index in [0.717, 1.165) is 23.1 Å². The lowest BCUT2D eigenvalue weighted by Gasteiger charge is -2.10. The first-order chi connectivity index (χ1) is 7.27. The van der Waals surface area contributed by atoms with Gasteiger partial charge in [-0.2, -0.15) is 0 Å². The lowest BCUT2D eigenvalue weighted by atomic mass is 10.2. The van der Waals surface area contributed by atoms with E-state index in [1.807, 2.05) is 31.2 Å². The normalized spacial score (nSPS) is 11.3. The summed E-state index contributed by atoms with van der Waals surface area (Å²) in [5.41, 5.74) is 1.07. The Kier molecular flexibility index (Phi) is 4.98. The number of hydrogen-bond donors (Lipinski definition) is 2. The van der Waals surface area contributed by atoms with E-state index in [1.54, 1.807) is 7.05 Å². The number of benzene rings is 1. The Hall–Kier alpha value is -1.22. The third-order valence-electron chi connectivity index (χ3n) is 1.97. The fraction of sp³-hybridized carbons (Fsp3) is 0.364. The molecule has 0 aromatic heterocycles. The molecule has 0 saturated heterocycles. The largest absolute Gasteiger partial charge is 0.357 e. The van der Waals surface area contributed by atoms with Crippen molar-refractivity contribution in [2.45, 2.75) is 13.5 Å². The van der Waals surface area contributed by atoms with Gasteiger partial charge in [-0.3, -0.25) is 4.99 Å². The van der Waals surface area contributed by atoms with Crippen molar-refractivity contribution in [1.82, 2.24) is 10.6 Å². The molecule has 4 heteroatoms. The van der Waals surface area contributed by atoms with Crippen molar-refractivity contribution in [3.05, 3.63) is 34.9 Å². The highest BCUT2D eigenvalue weighted by Gasteiger charge is 1.99. The van der Waals surface area contributed by atoms with E-state index in [0.29, 0.717) is 6.54 Å². The number of aliphatic imine (C=N–C) groups is 1. The van der Waals surface area contributed by atoms with Gasteiger partial charge < -0.3 is 10.6 Å². The fourth-order valence-electron chi connectivity index (χ4n) is 1.21. The molecule has 1 aromatic carbocycles. The molecule has 0 spiro atoms. The zero-order valence-corrected chi connectivity index (χ0v) is 9.80. The molecule has 3 nitrogen and oxygen atoms in total. The number of guanidine groups is 1. The molecule has 0 heterocycles. The van der Waals surface area contributed by atoms with Gasteiger partial charge in [-0.15, -0.1) is 0 Å². The number of rotatable bonds is 3. The molecular weight excluding hydrogens is 210 g/mol. The van der Waals surface area contributed by atoms with Gasteiger partial charge >= 0.3 is 0 Å². The van der Waals surface area contributed by atoms with Crippen molar-refractivity contribution in [2.24, 2.45) is 4.99 Å². The Balaban J connectivity index is 2.53. The van der Waals surface area contributed by atoms with Crippen LogP contribution in [0.25, 0.3) is 0 Å². The Bertz CT molecular complexity index is 336. The van der Waals surface area contributed by atoms with E-state index < -0.39 is 0 Å².